The van der Waals surface area contributed by atoms with Crippen LogP contribution in [0.15, 0.2) is 30.3 Å². The molecule has 110 valence electrons. The van der Waals surface area contributed by atoms with Crippen molar-refractivity contribution < 1.29 is 14.3 Å². The van der Waals surface area contributed by atoms with Crippen molar-refractivity contribution >= 4 is 28.2 Å². The summed E-state index contributed by atoms with van der Waals surface area (Å²) in [5.74, 6) is -0.649. The third kappa shape index (κ3) is 3.13. The van der Waals surface area contributed by atoms with E-state index in [-0.39, 0.29) is 5.91 Å². The first-order chi connectivity index (χ1) is 10.1. The topological polar surface area (TPSA) is 55.4 Å². The van der Waals surface area contributed by atoms with Crippen LogP contribution in [0.3, 0.4) is 0 Å². The van der Waals surface area contributed by atoms with E-state index in [2.05, 4.69) is 5.32 Å². The monoisotopic (exact) mass is 303 g/mol. The van der Waals surface area contributed by atoms with Gasteiger partial charge in [-0.1, -0.05) is 25.1 Å². The molecule has 2 aromatic rings. The Morgan fingerprint density at radius 1 is 1.24 bits per heavy atom. The number of thiophene rings is 1. The molecular weight excluding hydrogens is 286 g/mol. The number of hydrogen-bond acceptors (Lipinski definition) is 4. The lowest BCUT2D eigenvalue weighted by molar-refractivity contribution is 0.0601. The predicted octanol–water partition coefficient (Wildman–Crippen LogP) is 3.66. The molecule has 0 aliphatic carbocycles. The lowest BCUT2D eigenvalue weighted by Gasteiger charge is -2.06. The van der Waals surface area contributed by atoms with Crippen LogP contribution in [0.2, 0.25) is 0 Å². The Kier molecular flexibility index (Phi) is 4.75. The Morgan fingerprint density at radius 3 is 2.48 bits per heavy atom. The summed E-state index contributed by atoms with van der Waals surface area (Å²) >= 11 is 1.40. The molecule has 5 heteroatoms. The second kappa shape index (κ2) is 6.54. The smallest absolute Gasteiger partial charge is 0.341 e. The normalized spacial score (nSPS) is 10.2. The Hall–Kier alpha value is -2.14. The van der Waals surface area contributed by atoms with E-state index in [1.165, 1.54) is 18.4 Å². The Morgan fingerprint density at radius 2 is 1.90 bits per heavy atom. The van der Waals surface area contributed by atoms with Crippen LogP contribution in [0.5, 0.6) is 0 Å². The number of esters is 1. The van der Waals surface area contributed by atoms with E-state index < -0.39 is 5.97 Å². The van der Waals surface area contributed by atoms with E-state index in [0.717, 1.165) is 10.4 Å². The molecule has 2 rings (SSSR count). The highest BCUT2D eigenvalue weighted by Gasteiger charge is 2.23. The first-order valence-electron chi connectivity index (χ1n) is 6.65. The first-order valence-corrected chi connectivity index (χ1v) is 7.47. The van der Waals surface area contributed by atoms with Gasteiger partial charge in [-0.3, -0.25) is 4.79 Å². The van der Waals surface area contributed by atoms with E-state index in [1.54, 1.807) is 24.3 Å². The Bertz CT molecular complexity index is 662. The van der Waals surface area contributed by atoms with Crippen molar-refractivity contribution in [1.82, 2.24) is 0 Å². The molecule has 0 aliphatic rings. The highest BCUT2D eigenvalue weighted by atomic mass is 32.1. The number of carbonyl (C=O) groups excluding carboxylic acids is 2. The number of nitrogens with one attached hydrogen (secondary N) is 1. The number of rotatable bonds is 4. The van der Waals surface area contributed by atoms with E-state index in [4.69, 9.17) is 4.74 Å². The summed E-state index contributed by atoms with van der Waals surface area (Å²) in [6.07, 6.45) is 0.716. The van der Waals surface area contributed by atoms with Crippen LogP contribution < -0.4 is 5.32 Å². The zero-order valence-electron chi connectivity index (χ0n) is 12.2. The Labute approximate surface area is 127 Å². The molecule has 0 saturated carbocycles. The molecule has 0 fully saturated rings. The van der Waals surface area contributed by atoms with Crippen LogP contribution in [0.4, 0.5) is 5.00 Å². The Balaban J connectivity index is 2.36. The third-order valence-corrected chi connectivity index (χ3v) is 4.28. The van der Waals surface area contributed by atoms with Crippen LogP contribution in [0.25, 0.3) is 0 Å². The molecule has 4 nitrogen and oxygen atoms in total. The van der Waals surface area contributed by atoms with Gasteiger partial charge in [0.15, 0.2) is 0 Å². The zero-order valence-corrected chi connectivity index (χ0v) is 13.0. The SMILES string of the molecule is CCc1c(C)sc(NC(=O)c2ccccc2)c1C(=O)OC. The van der Waals surface area contributed by atoms with Crippen LogP contribution in [-0.2, 0) is 11.2 Å². The van der Waals surface area contributed by atoms with Gasteiger partial charge in [-0.15, -0.1) is 11.3 Å². The summed E-state index contributed by atoms with van der Waals surface area (Å²) in [6, 6.07) is 8.91. The van der Waals surface area contributed by atoms with Crippen molar-refractivity contribution in [2.75, 3.05) is 12.4 Å². The predicted molar refractivity (Wildman–Crippen MR) is 84.2 cm³/mol. The third-order valence-electron chi connectivity index (χ3n) is 3.22. The van der Waals surface area contributed by atoms with Crippen molar-refractivity contribution in [3.63, 3.8) is 0 Å². The molecule has 1 amide bonds. The number of methoxy groups -OCH3 is 1. The maximum Gasteiger partial charge on any atom is 0.341 e. The van der Waals surface area contributed by atoms with Gasteiger partial charge in [0, 0.05) is 10.4 Å². The molecule has 0 atom stereocenters. The summed E-state index contributed by atoms with van der Waals surface area (Å²) in [6.45, 7) is 3.92. The van der Waals surface area contributed by atoms with E-state index >= 15 is 0 Å². The van der Waals surface area contributed by atoms with Gasteiger partial charge in [0.2, 0.25) is 0 Å². The molecule has 1 N–H and O–H groups in total. The number of amides is 1. The number of benzene rings is 1. The second-order valence-electron chi connectivity index (χ2n) is 4.51. The fraction of sp³-hybridized carbons (Fsp3) is 0.250. The lowest BCUT2D eigenvalue weighted by Crippen LogP contribution is -2.14. The number of anilines is 1. The molecule has 1 heterocycles. The number of carbonyl (C=O) groups is 2. The first kappa shape index (κ1) is 15.3. The average molecular weight is 303 g/mol. The highest BCUT2D eigenvalue weighted by molar-refractivity contribution is 7.16. The lowest BCUT2D eigenvalue weighted by atomic mass is 10.1. The minimum atomic E-state index is -0.417. The summed E-state index contributed by atoms with van der Waals surface area (Å²) < 4.78 is 4.84. The number of ether oxygens (including phenoxy) is 1. The van der Waals surface area contributed by atoms with Gasteiger partial charge < -0.3 is 10.1 Å². The fourth-order valence-corrected chi connectivity index (χ4v) is 3.30. The zero-order chi connectivity index (χ0) is 15.4. The van der Waals surface area contributed by atoms with Gasteiger partial charge in [-0.2, -0.15) is 0 Å². The van der Waals surface area contributed by atoms with E-state index in [0.29, 0.717) is 22.5 Å². The molecule has 0 unspecified atom stereocenters. The van der Waals surface area contributed by atoms with E-state index in [9.17, 15) is 9.59 Å². The summed E-state index contributed by atoms with van der Waals surface area (Å²) in [4.78, 5) is 25.2. The van der Waals surface area contributed by atoms with Crippen molar-refractivity contribution in [2.24, 2.45) is 0 Å². The van der Waals surface area contributed by atoms with Gasteiger partial charge >= 0.3 is 5.97 Å². The second-order valence-corrected chi connectivity index (χ2v) is 5.73. The summed E-state index contributed by atoms with van der Waals surface area (Å²) in [5, 5.41) is 3.36. The van der Waals surface area contributed by atoms with Crippen molar-refractivity contribution in [3.05, 3.63) is 51.9 Å². The molecule has 0 saturated heterocycles. The minimum absolute atomic E-state index is 0.232. The highest BCUT2D eigenvalue weighted by Crippen LogP contribution is 2.34. The maximum atomic E-state index is 12.2. The molecule has 1 aromatic heterocycles. The molecule has 0 aliphatic heterocycles. The number of aryl methyl sites for hydroxylation is 1. The van der Waals surface area contributed by atoms with Crippen LogP contribution >= 0.6 is 11.3 Å². The van der Waals surface area contributed by atoms with Gasteiger partial charge in [0.1, 0.15) is 5.00 Å². The molecule has 0 spiro atoms. The molecule has 0 radical (unpaired) electrons. The number of hydrogen-bond donors (Lipinski definition) is 1. The average Bonchev–Trinajstić information content (AvgIpc) is 2.82. The van der Waals surface area contributed by atoms with Gasteiger partial charge in [-0.25, -0.2) is 4.79 Å². The summed E-state index contributed by atoms with van der Waals surface area (Å²) in [5.41, 5.74) is 1.94. The minimum Gasteiger partial charge on any atom is -0.465 e. The molecule has 0 bridgehead atoms. The summed E-state index contributed by atoms with van der Waals surface area (Å²) in [7, 11) is 1.34. The van der Waals surface area contributed by atoms with Gasteiger partial charge in [0.05, 0.1) is 12.7 Å². The largest absolute Gasteiger partial charge is 0.465 e. The molecular formula is C16H17NO3S. The van der Waals surface area contributed by atoms with E-state index in [1.807, 2.05) is 19.9 Å². The van der Waals surface area contributed by atoms with Crippen LogP contribution in [0, 0.1) is 6.92 Å². The van der Waals surface area contributed by atoms with Crippen LogP contribution in [-0.4, -0.2) is 19.0 Å². The molecule has 21 heavy (non-hydrogen) atoms. The maximum absolute atomic E-state index is 12.2. The standard InChI is InChI=1S/C16H17NO3S/c1-4-12-10(2)21-15(13(12)16(19)20-3)17-14(18)11-8-6-5-7-9-11/h5-9H,4H2,1-3H3,(H,17,18). The van der Waals surface area contributed by atoms with Crippen molar-refractivity contribution in [3.8, 4) is 0 Å². The quantitative estimate of drug-likeness (QED) is 0.877. The van der Waals surface area contributed by atoms with Crippen LogP contribution in [0.1, 0.15) is 38.1 Å². The van der Waals surface area contributed by atoms with Crippen molar-refractivity contribution in [2.45, 2.75) is 20.3 Å². The van der Waals surface area contributed by atoms with Crippen molar-refractivity contribution in [1.29, 1.82) is 0 Å². The van der Waals surface area contributed by atoms with Gasteiger partial charge in [-0.05, 0) is 31.0 Å². The van der Waals surface area contributed by atoms with Gasteiger partial charge in [0.25, 0.3) is 5.91 Å². The molecule has 1 aromatic carbocycles. The fourth-order valence-electron chi connectivity index (χ4n) is 2.18.